The van der Waals surface area contributed by atoms with Gasteiger partial charge in [0, 0.05) is 52.9 Å². The molecule has 0 aromatic carbocycles. The molecule has 0 aromatic heterocycles. The van der Waals surface area contributed by atoms with Crippen LogP contribution >= 0.6 is 24.0 Å². The first kappa shape index (κ1) is 21.9. The zero-order valence-corrected chi connectivity index (χ0v) is 17.5. The fraction of sp³-hybridized carbons (Fsp3) is 0.941. The van der Waals surface area contributed by atoms with Gasteiger partial charge in [-0.25, -0.2) is 0 Å². The first-order chi connectivity index (χ1) is 11.3. The summed E-state index contributed by atoms with van der Waals surface area (Å²) in [6.45, 7) is 6.79. The van der Waals surface area contributed by atoms with Crippen LogP contribution in [-0.4, -0.2) is 77.7 Å². The van der Waals surface area contributed by atoms with Gasteiger partial charge >= 0.3 is 0 Å². The lowest BCUT2D eigenvalue weighted by Crippen LogP contribution is -2.41. The van der Waals surface area contributed by atoms with Crippen molar-refractivity contribution in [3.05, 3.63) is 0 Å². The monoisotopic (exact) mass is 455 g/mol. The lowest BCUT2D eigenvalue weighted by atomic mass is 10.1. The summed E-state index contributed by atoms with van der Waals surface area (Å²) < 4.78 is 16.7. The first-order valence-corrected chi connectivity index (χ1v) is 8.94. The maximum atomic E-state index is 5.71. The zero-order valence-electron chi connectivity index (χ0n) is 15.2. The molecular weight excluding hydrogens is 421 g/mol. The van der Waals surface area contributed by atoms with Gasteiger partial charge in [0.05, 0.1) is 19.8 Å². The van der Waals surface area contributed by atoms with Crippen LogP contribution < -0.4 is 5.32 Å². The maximum Gasteiger partial charge on any atom is 0.193 e. The number of nitrogens with one attached hydrogen (secondary N) is 1. The Hall–Kier alpha value is -0.120. The van der Waals surface area contributed by atoms with Crippen LogP contribution in [0.15, 0.2) is 4.99 Å². The minimum atomic E-state index is 0. The molecule has 7 heteroatoms. The molecule has 1 heterocycles. The van der Waals surface area contributed by atoms with Crippen LogP contribution in [0.4, 0.5) is 0 Å². The van der Waals surface area contributed by atoms with Crippen LogP contribution in [0.5, 0.6) is 0 Å². The van der Waals surface area contributed by atoms with E-state index < -0.39 is 0 Å². The first-order valence-electron chi connectivity index (χ1n) is 8.94. The predicted octanol–water partition coefficient (Wildman–Crippen LogP) is 1.98. The van der Waals surface area contributed by atoms with Crippen LogP contribution in [0.2, 0.25) is 0 Å². The molecule has 1 unspecified atom stereocenters. The maximum absolute atomic E-state index is 5.71. The lowest BCUT2D eigenvalue weighted by molar-refractivity contribution is 0.0886. The highest BCUT2D eigenvalue weighted by Crippen LogP contribution is 2.28. The van der Waals surface area contributed by atoms with E-state index in [1.165, 1.54) is 12.8 Å². The number of hydrogen-bond donors (Lipinski definition) is 1. The molecule has 0 bridgehead atoms. The van der Waals surface area contributed by atoms with Crippen molar-refractivity contribution in [2.45, 2.75) is 25.7 Å². The summed E-state index contributed by atoms with van der Waals surface area (Å²) in [5.74, 6) is 2.34. The van der Waals surface area contributed by atoms with Crippen molar-refractivity contribution in [2.24, 2.45) is 16.8 Å². The molecule has 1 aliphatic heterocycles. The minimum absolute atomic E-state index is 0. The van der Waals surface area contributed by atoms with Crippen molar-refractivity contribution < 1.29 is 14.2 Å². The van der Waals surface area contributed by atoms with E-state index in [4.69, 9.17) is 14.2 Å². The van der Waals surface area contributed by atoms with Crippen LogP contribution in [-0.2, 0) is 14.2 Å². The largest absolute Gasteiger partial charge is 0.381 e. The molecule has 0 aromatic rings. The highest BCUT2D eigenvalue weighted by atomic mass is 127. The normalized spacial score (nSPS) is 20.8. The quantitative estimate of drug-likeness (QED) is 0.224. The molecule has 1 atom stereocenters. The summed E-state index contributed by atoms with van der Waals surface area (Å²) in [5.41, 5.74) is 0. The van der Waals surface area contributed by atoms with Crippen molar-refractivity contribution in [2.75, 3.05) is 66.8 Å². The van der Waals surface area contributed by atoms with E-state index in [2.05, 4.69) is 15.2 Å². The Kier molecular flexibility index (Phi) is 12.0. The van der Waals surface area contributed by atoms with Crippen LogP contribution in [0.1, 0.15) is 25.7 Å². The second-order valence-electron chi connectivity index (χ2n) is 6.57. The topological polar surface area (TPSA) is 55.3 Å². The summed E-state index contributed by atoms with van der Waals surface area (Å²) in [7, 11) is 3.87. The third-order valence-corrected chi connectivity index (χ3v) is 4.32. The molecule has 1 N–H and O–H groups in total. The Balaban J connectivity index is 0.00000288. The highest BCUT2D eigenvalue weighted by Gasteiger charge is 2.21. The van der Waals surface area contributed by atoms with Crippen molar-refractivity contribution in [1.29, 1.82) is 0 Å². The molecule has 0 spiro atoms. The number of guanidine groups is 1. The average Bonchev–Trinajstić information content (AvgIpc) is 3.24. The molecule has 24 heavy (non-hydrogen) atoms. The second kappa shape index (κ2) is 13.1. The van der Waals surface area contributed by atoms with Gasteiger partial charge in [-0.1, -0.05) is 0 Å². The van der Waals surface area contributed by atoms with Gasteiger partial charge in [-0.15, -0.1) is 24.0 Å². The molecule has 2 fully saturated rings. The summed E-state index contributed by atoms with van der Waals surface area (Å²) in [6, 6.07) is 0. The van der Waals surface area contributed by atoms with Gasteiger partial charge in [-0.3, -0.25) is 4.99 Å². The van der Waals surface area contributed by atoms with E-state index in [1.807, 2.05) is 14.1 Å². The Morgan fingerprint density at radius 3 is 2.58 bits per heavy atom. The Labute approximate surface area is 163 Å². The van der Waals surface area contributed by atoms with E-state index in [-0.39, 0.29) is 24.0 Å². The van der Waals surface area contributed by atoms with Gasteiger partial charge < -0.3 is 24.4 Å². The summed E-state index contributed by atoms with van der Waals surface area (Å²) in [5, 5.41) is 3.38. The molecule has 0 amide bonds. The minimum Gasteiger partial charge on any atom is -0.381 e. The second-order valence-corrected chi connectivity index (χ2v) is 6.57. The van der Waals surface area contributed by atoms with Gasteiger partial charge in [-0.05, 0) is 31.6 Å². The van der Waals surface area contributed by atoms with Crippen molar-refractivity contribution in [3.8, 4) is 0 Å². The molecule has 1 saturated heterocycles. The van der Waals surface area contributed by atoms with Crippen molar-refractivity contribution in [3.63, 3.8) is 0 Å². The number of nitrogens with zero attached hydrogens (tertiary/aromatic N) is 2. The van der Waals surface area contributed by atoms with Crippen LogP contribution in [0.3, 0.4) is 0 Å². The van der Waals surface area contributed by atoms with Gasteiger partial charge in [-0.2, -0.15) is 0 Å². The zero-order chi connectivity index (χ0) is 16.3. The van der Waals surface area contributed by atoms with Crippen molar-refractivity contribution in [1.82, 2.24) is 10.2 Å². The van der Waals surface area contributed by atoms with Crippen LogP contribution in [0, 0.1) is 11.8 Å². The third-order valence-electron chi connectivity index (χ3n) is 4.32. The van der Waals surface area contributed by atoms with E-state index in [1.54, 1.807) is 0 Å². The Morgan fingerprint density at radius 1 is 1.17 bits per heavy atom. The van der Waals surface area contributed by atoms with E-state index in [9.17, 15) is 0 Å². The number of rotatable bonds is 11. The molecule has 0 radical (unpaired) electrons. The summed E-state index contributed by atoms with van der Waals surface area (Å²) in [4.78, 5) is 6.43. The van der Waals surface area contributed by atoms with E-state index in [0.29, 0.717) is 5.92 Å². The number of aliphatic imine (C=N–C) groups is 1. The average molecular weight is 455 g/mol. The summed E-state index contributed by atoms with van der Waals surface area (Å²) >= 11 is 0. The smallest absolute Gasteiger partial charge is 0.193 e. The number of halogens is 1. The third kappa shape index (κ3) is 9.39. The van der Waals surface area contributed by atoms with Gasteiger partial charge in [0.25, 0.3) is 0 Å². The number of likely N-dealkylation sites (N-methyl/N-ethyl adjacent to an activating group) is 1. The molecule has 2 rings (SSSR count). The van der Waals surface area contributed by atoms with Gasteiger partial charge in [0.2, 0.25) is 0 Å². The van der Waals surface area contributed by atoms with Gasteiger partial charge in [0.1, 0.15) is 0 Å². The molecule has 6 nitrogen and oxygen atoms in total. The van der Waals surface area contributed by atoms with Gasteiger partial charge in [0.15, 0.2) is 5.96 Å². The van der Waals surface area contributed by atoms with Crippen molar-refractivity contribution >= 4 is 29.9 Å². The number of ether oxygens (including phenoxy) is 3. The van der Waals surface area contributed by atoms with E-state index >= 15 is 0 Å². The Morgan fingerprint density at radius 2 is 1.92 bits per heavy atom. The Bertz CT molecular complexity index is 348. The SMILES string of the molecule is CN=C(NCCCOCC1CCOC1)N(C)CCOCC1CC1.I. The molecule has 1 saturated carbocycles. The summed E-state index contributed by atoms with van der Waals surface area (Å²) in [6.07, 6.45) is 4.81. The molecular formula is C17H34IN3O3. The highest BCUT2D eigenvalue weighted by molar-refractivity contribution is 14.0. The fourth-order valence-corrected chi connectivity index (χ4v) is 2.57. The standard InChI is InChI=1S/C17H33N3O3.HI/c1-18-17(20(2)8-11-23-12-15-4-5-15)19-7-3-9-21-13-16-6-10-22-14-16;/h15-16H,3-14H2,1-2H3,(H,18,19);1H. The number of hydrogen-bond acceptors (Lipinski definition) is 4. The lowest BCUT2D eigenvalue weighted by Gasteiger charge is -2.22. The molecule has 1 aliphatic carbocycles. The van der Waals surface area contributed by atoms with E-state index in [0.717, 1.165) is 77.4 Å². The van der Waals surface area contributed by atoms with Crippen LogP contribution in [0.25, 0.3) is 0 Å². The predicted molar refractivity (Wildman–Crippen MR) is 107 cm³/mol. The molecule has 142 valence electrons. The molecule has 2 aliphatic rings. The fourth-order valence-electron chi connectivity index (χ4n) is 2.57.